The number of carbonyl (C=O) groups is 2. The standard InChI is InChI=1S/C8H14O5/c1-3-13-8(11)6(9)4-5-7(10)12-2/h6,9H,3-5H2,1-2H3. The van der Waals surface area contributed by atoms with Gasteiger partial charge in [0, 0.05) is 6.42 Å². The summed E-state index contributed by atoms with van der Waals surface area (Å²) in [7, 11) is 1.25. The third-order valence-electron chi connectivity index (χ3n) is 1.41. The monoisotopic (exact) mass is 190 g/mol. The highest BCUT2D eigenvalue weighted by Gasteiger charge is 2.17. The smallest absolute Gasteiger partial charge is 0.334 e. The molecule has 76 valence electrons. The number of aliphatic hydroxyl groups is 1. The van der Waals surface area contributed by atoms with Gasteiger partial charge in [-0.1, -0.05) is 0 Å². The maximum absolute atomic E-state index is 10.8. The van der Waals surface area contributed by atoms with Gasteiger partial charge in [-0.3, -0.25) is 4.79 Å². The number of esters is 2. The van der Waals surface area contributed by atoms with E-state index >= 15 is 0 Å². The second-order valence-corrected chi connectivity index (χ2v) is 2.38. The van der Waals surface area contributed by atoms with Crippen molar-refractivity contribution >= 4 is 11.9 Å². The van der Waals surface area contributed by atoms with E-state index in [1.807, 2.05) is 0 Å². The fraction of sp³-hybridized carbons (Fsp3) is 0.750. The van der Waals surface area contributed by atoms with Gasteiger partial charge >= 0.3 is 11.9 Å². The van der Waals surface area contributed by atoms with E-state index in [0.717, 1.165) is 0 Å². The summed E-state index contributed by atoms with van der Waals surface area (Å²) in [5.41, 5.74) is 0. The van der Waals surface area contributed by atoms with Gasteiger partial charge in [-0.2, -0.15) is 0 Å². The molecule has 5 nitrogen and oxygen atoms in total. The zero-order valence-electron chi connectivity index (χ0n) is 7.78. The van der Waals surface area contributed by atoms with Gasteiger partial charge < -0.3 is 14.6 Å². The number of aliphatic hydroxyl groups excluding tert-OH is 1. The predicted octanol–water partition coefficient (Wildman–Crippen LogP) is -0.136. The molecule has 0 radical (unpaired) electrons. The number of methoxy groups -OCH3 is 1. The highest BCUT2D eigenvalue weighted by molar-refractivity contribution is 5.76. The summed E-state index contributed by atoms with van der Waals surface area (Å²) in [6, 6.07) is 0. The zero-order chi connectivity index (χ0) is 10.3. The van der Waals surface area contributed by atoms with Gasteiger partial charge in [0.2, 0.25) is 0 Å². The first-order chi connectivity index (χ1) is 6.11. The summed E-state index contributed by atoms with van der Waals surface area (Å²) in [5.74, 6) is -1.16. The van der Waals surface area contributed by atoms with Gasteiger partial charge in [-0.25, -0.2) is 4.79 Å². The molecule has 0 aliphatic carbocycles. The fourth-order valence-electron chi connectivity index (χ4n) is 0.713. The first kappa shape index (κ1) is 11.9. The van der Waals surface area contributed by atoms with Crippen molar-refractivity contribution in [2.24, 2.45) is 0 Å². The molecular formula is C8H14O5. The molecule has 0 saturated heterocycles. The van der Waals surface area contributed by atoms with Crippen LogP contribution in [0.4, 0.5) is 0 Å². The maximum atomic E-state index is 10.8. The van der Waals surface area contributed by atoms with Crippen LogP contribution in [-0.4, -0.2) is 36.9 Å². The third kappa shape index (κ3) is 5.19. The Kier molecular flexibility index (Phi) is 5.88. The van der Waals surface area contributed by atoms with Gasteiger partial charge in [0.15, 0.2) is 6.10 Å². The molecule has 13 heavy (non-hydrogen) atoms. The van der Waals surface area contributed by atoms with E-state index < -0.39 is 18.0 Å². The molecule has 0 heterocycles. The lowest BCUT2D eigenvalue weighted by Gasteiger charge is -2.07. The molecule has 0 fully saturated rings. The minimum absolute atomic E-state index is 0.0104. The topological polar surface area (TPSA) is 72.8 Å². The molecule has 0 spiro atoms. The lowest BCUT2D eigenvalue weighted by atomic mass is 10.2. The van der Waals surface area contributed by atoms with Crippen LogP contribution in [0.15, 0.2) is 0 Å². The Hall–Kier alpha value is -1.10. The van der Waals surface area contributed by atoms with Crippen molar-refractivity contribution in [3.05, 3.63) is 0 Å². The molecule has 0 aromatic heterocycles. The number of rotatable bonds is 5. The molecule has 0 saturated carbocycles. The first-order valence-corrected chi connectivity index (χ1v) is 4.03. The lowest BCUT2D eigenvalue weighted by molar-refractivity contribution is -0.154. The third-order valence-corrected chi connectivity index (χ3v) is 1.41. The average Bonchev–Trinajstić information content (AvgIpc) is 2.13. The van der Waals surface area contributed by atoms with E-state index in [1.165, 1.54) is 7.11 Å². The van der Waals surface area contributed by atoms with Crippen LogP contribution < -0.4 is 0 Å². The summed E-state index contributed by atoms with van der Waals surface area (Å²) in [6.45, 7) is 1.86. The number of hydrogen-bond acceptors (Lipinski definition) is 5. The van der Waals surface area contributed by atoms with E-state index in [0.29, 0.717) is 0 Å². The Morgan fingerprint density at radius 1 is 1.46 bits per heavy atom. The van der Waals surface area contributed by atoms with Crippen molar-refractivity contribution in [3.8, 4) is 0 Å². The molecular weight excluding hydrogens is 176 g/mol. The van der Waals surface area contributed by atoms with E-state index in [2.05, 4.69) is 9.47 Å². The summed E-state index contributed by atoms with van der Waals surface area (Å²) in [4.78, 5) is 21.4. The number of hydrogen-bond donors (Lipinski definition) is 1. The first-order valence-electron chi connectivity index (χ1n) is 4.03. The Balaban J connectivity index is 3.67. The van der Waals surface area contributed by atoms with Crippen LogP contribution in [0.3, 0.4) is 0 Å². The maximum Gasteiger partial charge on any atom is 0.334 e. The molecule has 0 aromatic rings. The van der Waals surface area contributed by atoms with Crippen LogP contribution in [0.1, 0.15) is 19.8 Å². The molecule has 0 aliphatic rings. The Morgan fingerprint density at radius 2 is 2.08 bits per heavy atom. The quantitative estimate of drug-likeness (QED) is 0.611. The van der Waals surface area contributed by atoms with Crippen LogP contribution in [0, 0.1) is 0 Å². The van der Waals surface area contributed by atoms with E-state index in [9.17, 15) is 9.59 Å². The van der Waals surface area contributed by atoms with Crippen LogP contribution in [-0.2, 0) is 19.1 Å². The van der Waals surface area contributed by atoms with Gasteiger partial charge in [-0.05, 0) is 13.3 Å². The molecule has 1 atom stereocenters. The SMILES string of the molecule is CCOC(=O)C(O)CCC(=O)OC. The Bertz CT molecular complexity index is 177. The van der Waals surface area contributed by atoms with Crippen molar-refractivity contribution in [1.29, 1.82) is 0 Å². The summed E-state index contributed by atoms with van der Waals surface area (Å²) < 4.78 is 8.87. The molecule has 5 heteroatoms. The molecule has 0 aliphatic heterocycles. The second kappa shape index (κ2) is 6.42. The molecule has 1 N–H and O–H groups in total. The van der Waals surface area contributed by atoms with Crippen LogP contribution >= 0.6 is 0 Å². The van der Waals surface area contributed by atoms with Gasteiger partial charge in [0.1, 0.15) is 0 Å². The van der Waals surface area contributed by atoms with Gasteiger partial charge in [-0.15, -0.1) is 0 Å². The Morgan fingerprint density at radius 3 is 2.54 bits per heavy atom. The highest BCUT2D eigenvalue weighted by atomic mass is 16.5. The van der Waals surface area contributed by atoms with Crippen molar-refractivity contribution in [1.82, 2.24) is 0 Å². The molecule has 0 bridgehead atoms. The van der Waals surface area contributed by atoms with Crippen molar-refractivity contribution in [2.75, 3.05) is 13.7 Å². The summed E-state index contributed by atoms with van der Waals surface area (Å²) in [6.07, 6.45) is -1.19. The van der Waals surface area contributed by atoms with Crippen LogP contribution in [0.25, 0.3) is 0 Å². The molecule has 1 unspecified atom stereocenters. The van der Waals surface area contributed by atoms with Gasteiger partial charge in [0.05, 0.1) is 13.7 Å². The Labute approximate surface area is 76.6 Å². The van der Waals surface area contributed by atoms with Crippen molar-refractivity contribution in [2.45, 2.75) is 25.9 Å². The largest absolute Gasteiger partial charge is 0.469 e. The lowest BCUT2D eigenvalue weighted by Crippen LogP contribution is -2.24. The molecule has 0 aromatic carbocycles. The van der Waals surface area contributed by atoms with E-state index in [-0.39, 0.29) is 19.4 Å². The van der Waals surface area contributed by atoms with Crippen LogP contribution in [0.5, 0.6) is 0 Å². The fourth-order valence-corrected chi connectivity index (χ4v) is 0.713. The minimum atomic E-state index is -1.24. The average molecular weight is 190 g/mol. The van der Waals surface area contributed by atoms with E-state index in [4.69, 9.17) is 5.11 Å². The zero-order valence-corrected chi connectivity index (χ0v) is 7.78. The minimum Gasteiger partial charge on any atom is -0.469 e. The highest BCUT2D eigenvalue weighted by Crippen LogP contribution is 2.00. The summed E-state index contributed by atoms with van der Waals surface area (Å²) >= 11 is 0. The number of carbonyl (C=O) groups excluding carboxylic acids is 2. The summed E-state index contributed by atoms with van der Waals surface area (Å²) in [5, 5.41) is 9.11. The van der Waals surface area contributed by atoms with Crippen molar-refractivity contribution in [3.63, 3.8) is 0 Å². The van der Waals surface area contributed by atoms with Gasteiger partial charge in [0.25, 0.3) is 0 Å². The molecule has 0 amide bonds. The normalized spacial score (nSPS) is 11.9. The predicted molar refractivity (Wildman–Crippen MR) is 43.9 cm³/mol. The second-order valence-electron chi connectivity index (χ2n) is 2.38. The van der Waals surface area contributed by atoms with Crippen LogP contribution in [0.2, 0.25) is 0 Å². The van der Waals surface area contributed by atoms with E-state index in [1.54, 1.807) is 6.92 Å². The molecule has 0 rings (SSSR count). The number of ether oxygens (including phenoxy) is 2. The van der Waals surface area contributed by atoms with Crippen molar-refractivity contribution < 1.29 is 24.2 Å².